The number of carbonyl (C=O) groups is 7. The molecule has 0 radical (unpaired) electrons. The van der Waals surface area contributed by atoms with Gasteiger partial charge in [-0.25, -0.2) is 0 Å². The number of ether oxygens (including phenoxy) is 7. The largest absolute Gasteiger partial charge is 0.511 e. The van der Waals surface area contributed by atoms with Gasteiger partial charge in [0.05, 0.1) is 44.4 Å². The van der Waals surface area contributed by atoms with Gasteiger partial charge in [-0.2, -0.15) is 0 Å². The number of allylic oxidation sites excluding steroid dienone is 2. The average Bonchev–Trinajstić information content (AvgIpc) is 1.76. The zero-order chi connectivity index (χ0) is 69.5. The van der Waals surface area contributed by atoms with Crippen LogP contribution in [0, 0.1) is 23.7 Å². The molecule has 5 aromatic rings. The predicted molar refractivity (Wildman–Crippen MR) is 378 cm³/mol. The van der Waals surface area contributed by atoms with Crippen molar-refractivity contribution >= 4 is 80.1 Å². The van der Waals surface area contributed by atoms with E-state index in [1.165, 1.54) is 36.3 Å². The Morgan fingerprint density at radius 3 is 1.79 bits per heavy atom. The summed E-state index contributed by atoms with van der Waals surface area (Å²) in [5.74, 6) is -2.89. The van der Waals surface area contributed by atoms with Crippen LogP contribution in [0.2, 0.25) is 51.4 Å². The van der Waals surface area contributed by atoms with Crippen LogP contribution in [0.25, 0.3) is 16.7 Å². The van der Waals surface area contributed by atoms with E-state index in [9.17, 15) is 33.9 Å². The number of methoxy groups -OCH3 is 2. The normalized spacial score (nSPS) is 18.2. The number of anilines is 3. The summed E-state index contributed by atoms with van der Waals surface area (Å²) >= 11 is 0. The lowest BCUT2D eigenvalue weighted by Crippen LogP contribution is -2.45. The third kappa shape index (κ3) is 16.9. The maximum Gasteiger partial charge on any atom is 0.305 e. The van der Waals surface area contributed by atoms with Gasteiger partial charge in [-0.05, 0) is 108 Å². The number of ketones is 1. The van der Waals surface area contributed by atoms with Gasteiger partial charge >= 0.3 is 5.97 Å². The molecule has 0 aromatic heterocycles. The average molecular weight is 1360 g/mol. The zero-order valence-electron chi connectivity index (χ0n) is 57.8. The third-order valence-electron chi connectivity index (χ3n) is 18.9. The van der Waals surface area contributed by atoms with Crippen LogP contribution in [0.1, 0.15) is 109 Å². The molecule has 20 nitrogen and oxygen atoms in total. The molecule has 0 saturated carbocycles. The first-order chi connectivity index (χ1) is 46.3. The van der Waals surface area contributed by atoms with Crippen LogP contribution in [0.5, 0.6) is 23.0 Å². The van der Waals surface area contributed by atoms with Crippen molar-refractivity contribution in [1.29, 1.82) is 0 Å². The highest BCUT2D eigenvalue weighted by Crippen LogP contribution is 2.47. The molecule has 0 spiro atoms. The van der Waals surface area contributed by atoms with Gasteiger partial charge in [-0.1, -0.05) is 120 Å². The van der Waals surface area contributed by atoms with E-state index in [1.807, 2.05) is 50.2 Å². The van der Waals surface area contributed by atoms with Gasteiger partial charge in [0.25, 0.3) is 11.8 Å². The Balaban J connectivity index is 0.771. The Labute approximate surface area is 571 Å². The number of carbonyl (C=O) groups excluding carboxylic acids is 7. The van der Waals surface area contributed by atoms with Crippen molar-refractivity contribution in [3.8, 4) is 34.1 Å². The van der Waals surface area contributed by atoms with Crippen LogP contribution in [0.15, 0.2) is 115 Å². The summed E-state index contributed by atoms with van der Waals surface area (Å²) in [4.78, 5) is 103. The number of benzene rings is 5. The van der Waals surface area contributed by atoms with Crippen molar-refractivity contribution < 1.29 is 71.8 Å². The second kappa shape index (κ2) is 30.9. The Hall–Kier alpha value is -8.58. The lowest BCUT2D eigenvalue weighted by molar-refractivity contribution is -0.144. The van der Waals surface area contributed by atoms with E-state index in [0.29, 0.717) is 66.6 Å². The summed E-state index contributed by atoms with van der Waals surface area (Å²) < 4.78 is 42.5. The van der Waals surface area contributed by atoms with Crippen molar-refractivity contribution in [1.82, 2.24) is 10.2 Å². The van der Waals surface area contributed by atoms with Crippen LogP contribution in [0.4, 0.5) is 17.1 Å². The Morgan fingerprint density at radius 2 is 1.22 bits per heavy atom. The van der Waals surface area contributed by atoms with E-state index < -0.39 is 57.8 Å². The van der Waals surface area contributed by atoms with Gasteiger partial charge in [-0.15, -0.1) is 0 Å². The van der Waals surface area contributed by atoms with E-state index in [1.54, 1.807) is 42.2 Å². The van der Waals surface area contributed by atoms with Crippen molar-refractivity contribution in [2.45, 2.75) is 135 Å². The molecule has 97 heavy (non-hydrogen) atoms. The summed E-state index contributed by atoms with van der Waals surface area (Å²) in [6.07, 6.45) is 4.94. The van der Waals surface area contributed by atoms with Crippen molar-refractivity contribution in [3.05, 3.63) is 143 Å². The SMILES string of the molecule is COc1cc2c(cc1OCCCOc1cc3c(cc1OC)C(=O)N1C=C(O)C[C@H]1C(=O)N3COCC[Si](C)(C)C)N(COCC[Si](C)(C)C)C(=O)[C@@H]1CC(c3ccc(NC(=O)[C@H](C)NC(=O)[C@@H](CCC(=O)OCC4c5ccccc5-c5ccccc54)C(C)C)cc3)=CCC1CC2=O. The second-order valence-corrected chi connectivity index (χ2v) is 39.9. The number of rotatable bonds is 29. The van der Waals surface area contributed by atoms with E-state index in [4.69, 9.17) is 33.2 Å². The number of amides is 5. The van der Waals surface area contributed by atoms with Crippen molar-refractivity contribution in [2.75, 3.05) is 75.8 Å². The lowest BCUT2D eigenvalue weighted by Gasteiger charge is -2.37. The van der Waals surface area contributed by atoms with E-state index >= 15 is 4.79 Å². The third-order valence-corrected chi connectivity index (χ3v) is 22.3. The van der Waals surface area contributed by atoms with Gasteiger partial charge in [0.2, 0.25) is 17.7 Å². The molecule has 0 saturated heterocycles. The van der Waals surface area contributed by atoms with E-state index in [0.717, 1.165) is 45.5 Å². The maximum atomic E-state index is 15.3. The maximum absolute atomic E-state index is 15.3. The molecule has 3 heterocycles. The Bertz CT molecular complexity index is 3790. The number of nitrogens with zero attached hydrogens (tertiary/aromatic N) is 3. The fourth-order valence-electron chi connectivity index (χ4n) is 13.2. The number of fused-ring (bicyclic) bond motifs is 7. The molecule has 3 aliphatic heterocycles. The fourth-order valence-corrected chi connectivity index (χ4v) is 14.7. The highest BCUT2D eigenvalue weighted by molar-refractivity contribution is 6.76. The van der Waals surface area contributed by atoms with Crippen LogP contribution < -0.4 is 39.4 Å². The molecule has 22 heteroatoms. The molecule has 10 rings (SSSR count). The summed E-state index contributed by atoms with van der Waals surface area (Å²) in [6, 6.07) is 30.0. The summed E-state index contributed by atoms with van der Waals surface area (Å²) in [6.45, 7) is 20.0. The number of esters is 1. The molecular weight excluding hydrogens is 1270 g/mol. The van der Waals surface area contributed by atoms with Gasteiger partial charge < -0.3 is 48.9 Å². The van der Waals surface area contributed by atoms with Crippen LogP contribution in [-0.4, -0.2) is 140 Å². The van der Waals surface area contributed by atoms with Gasteiger partial charge in [0, 0.05) is 102 Å². The summed E-state index contributed by atoms with van der Waals surface area (Å²) in [7, 11) is -0.0605. The van der Waals surface area contributed by atoms with E-state index in [-0.39, 0.29) is 123 Å². The standard InChI is InChI=1S/C75H93N5O15Si2/c1-46(2)53(27-28-70(83)95-43-61-56-19-14-12-17-54(56)55-18-13-15-20-57(55)61)72(85)76-47(3)71(84)77-51-25-23-48(24-26-51)49-21-22-50-36-65(82)59-38-66(89-4)68(40-62(59)79(73(86)58(50)35-49)44-91-31-33-96(6,7)8)93-29-16-30-94-69-41-63-60(39-67(69)90-5)74(87)78-42-52(81)37-64(78)75(88)80(63)45-92-32-34-97(9,10)11/h12-15,17-21,23-26,38-42,46-47,50,53,58,61,64,81H,16,22,27-37,43-45H2,1-11H3,(H,76,85)(H,77,84)/t47-,50?,53-,58+,64-/m0/s1. The minimum atomic E-state index is -1.54. The molecule has 5 atom stereocenters. The number of hydrogen-bond acceptors (Lipinski definition) is 15. The zero-order valence-corrected chi connectivity index (χ0v) is 59.8. The summed E-state index contributed by atoms with van der Waals surface area (Å²) in [5.41, 5.74) is 7.95. The lowest BCUT2D eigenvalue weighted by atomic mass is 9.73. The predicted octanol–water partition coefficient (Wildman–Crippen LogP) is 13.0. The summed E-state index contributed by atoms with van der Waals surface area (Å²) in [5, 5.41) is 16.2. The number of aliphatic hydroxyl groups excluding tert-OH is 1. The highest BCUT2D eigenvalue weighted by Gasteiger charge is 2.45. The number of aliphatic hydroxyl groups is 1. The molecule has 5 amide bonds. The van der Waals surface area contributed by atoms with Crippen molar-refractivity contribution in [2.24, 2.45) is 23.7 Å². The first kappa shape index (κ1) is 71.2. The van der Waals surface area contributed by atoms with Crippen LogP contribution >= 0.6 is 0 Å². The van der Waals surface area contributed by atoms with Gasteiger partial charge in [-0.3, -0.25) is 48.3 Å². The monoisotopic (exact) mass is 1360 g/mol. The minimum absolute atomic E-state index is 0.0223. The smallest absolute Gasteiger partial charge is 0.305 e. The van der Waals surface area contributed by atoms with Crippen molar-refractivity contribution in [3.63, 3.8) is 0 Å². The van der Waals surface area contributed by atoms with E-state index in [2.05, 4.69) is 80.3 Å². The molecule has 5 aromatic carbocycles. The molecular formula is C75H93N5O15Si2. The van der Waals surface area contributed by atoms with Gasteiger partial charge in [0.1, 0.15) is 37.9 Å². The molecule has 1 unspecified atom stereocenters. The number of Topliss-reactive ketones (excluding diaryl/α,β-unsaturated/α-hetero) is 1. The fraction of sp³-hybridized carbons (Fsp3) is 0.453. The topological polar surface area (TPSA) is 238 Å². The van der Waals surface area contributed by atoms with Crippen LogP contribution in [-0.2, 0) is 38.2 Å². The number of nitrogens with one attached hydrogen (secondary N) is 2. The second-order valence-electron chi connectivity index (χ2n) is 28.6. The molecule has 0 fully saturated rings. The number of hydrogen-bond donors (Lipinski definition) is 3. The molecule has 0 bridgehead atoms. The van der Waals surface area contributed by atoms with Crippen LogP contribution in [0.3, 0.4) is 0 Å². The molecule has 2 aliphatic carbocycles. The van der Waals surface area contributed by atoms with Gasteiger partial charge in [0.15, 0.2) is 28.8 Å². The minimum Gasteiger partial charge on any atom is -0.511 e. The molecule has 516 valence electrons. The first-order valence-electron chi connectivity index (χ1n) is 33.8. The quantitative estimate of drug-likeness (QED) is 0.0229. The Morgan fingerprint density at radius 1 is 0.649 bits per heavy atom. The molecule has 3 N–H and O–H groups in total. The Kier molecular flexibility index (Phi) is 22.7. The molecule has 5 aliphatic rings. The first-order valence-corrected chi connectivity index (χ1v) is 41.2. The highest BCUT2D eigenvalue weighted by atomic mass is 28.3.